The quantitative estimate of drug-likeness (QED) is 0.741. The van der Waals surface area contributed by atoms with Crippen molar-refractivity contribution in [2.75, 3.05) is 26.8 Å². The fourth-order valence-corrected chi connectivity index (χ4v) is 4.51. The molecule has 2 aliphatic heterocycles. The highest BCUT2D eigenvalue weighted by atomic mass is 32.2. The smallest absolute Gasteiger partial charge is 0.247 e. The molecule has 1 fully saturated rings. The summed E-state index contributed by atoms with van der Waals surface area (Å²) in [5.74, 6) is 1.40. The third-order valence-electron chi connectivity index (χ3n) is 5.36. The van der Waals surface area contributed by atoms with Crippen molar-refractivity contribution in [1.82, 2.24) is 9.62 Å². The molecule has 1 saturated heterocycles. The van der Waals surface area contributed by atoms with Crippen molar-refractivity contribution in [1.29, 1.82) is 0 Å². The van der Waals surface area contributed by atoms with Crippen LogP contribution in [0.2, 0.25) is 0 Å². The normalized spacial score (nSPS) is 18.7. The zero-order chi connectivity index (χ0) is 21.1. The average Bonchev–Trinajstić information content (AvgIpc) is 3.27. The van der Waals surface area contributed by atoms with Gasteiger partial charge >= 0.3 is 0 Å². The molecule has 1 atom stereocenters. The van der Waals surface area contributed by atoms with Gasteiger partial charge in [0.05, 0.1) is 10.9 Å². The molecular formula is C22H24N2O5S. The standard InChI is InChI=1S/C22H24N2O5S/c1-23-30(26,27)18-8-4-16(5-9-18)6-11-22(25)24-12-2-3-19(24)17-7-10-20-21(15-17)29-14-13-28-20/h4-11,15,19,23H,2-3,12-14H2,1H3/b11-6+. The maximum atomic E-state index is 12.8. The van der Waals surface area contributed by atoms with Gasteiger partial charge in [-0.2, -0.15) is 0 Å². The number of benzene rings is 2. The average molecular weight is 429 g/mol. The summed E-state index contributed by atoms with van der Waals surface area (Å²) in [6.45, 7) is 1.77. The molecule has 0 saturated carbocycles. The van der Waals surface area contributed by atoms with Gasteiger partial charge in [-0.15, -0.1) is 0 Å². The second kappa shape index (κ2) is 8.49. The molecule has 0 spiro atoms. The Labute approximate surface area is 176 Å². The van der Waals surface area contributed by atoms with E-state index in [0.29, 0.717) is 19.8 Å². The lowest BCUT2D eigenvalue weighted by molar-refractivity contribution is -0.126. The van der Waals surface area contributed by atoms with Crippen LogP contribution < -0.4 is 14.2 Å². The van der Waals surface area contributed by atoms with E-state index in [-0.39, 0.29) is 16.8 Å². The van der Waals surface area contributed by atoms with E-state index in [1.807, 2.05) is 23.1 Å². The van der Waals surface area contributed by atoms with E-state index >= 15 is 0 Å². The van der Waals surface area contributed by atoms with E-state index in [1.165, 1.54) is 25.3 Å². The minimum Gasteiger partial charge on any atom is -0.486 e. The molecule has 2 aliphatic rings. The third kappa shape index (κ3) is 4.20. The van der Waals surface area contributed by atoms with Crippen LogP contribution in [0.1, 0.15) is 30.0 Å². The lowest BCUT2D eigenvalue weighted by Gasteiger charge is -2.26. The Balaban J connectivity index is 1.47. The molecule has 8 heteroatoms. The fourth-order valence-electron chi connectivity index (χ4n) is 3.78. The van der Waals surface area contributed by atoms with Crippen LogP contribution in [0.25, 0.3) is 6.08 Å². The topological polar surface area (TPSA) is 84.9 Å². The molecule has 2 aromatic rings. The number of nitrogens with zero attached hydrogens (tertiary/aromatic N) is 1. The highest BCUT2D eigenvalue weighted by Crippen LogP contribution is 2.38. The predicted octanol–water partition coefficient (Wildman–Crippen LogP) is 2.74. The number of amides is 1. The van der Waals surface area contributed by atoms with Gasteiger partial charge in [0.15, 0.2) is 11.5 Å². The molecule has 2 heterocycles. The van der Waals surface area contributed by atoms with Crippen molar-refractivity contribution in [3.63, 3.8) is 0 Å². The van der Waals surface area contributed by atoms with Crippen molar-refractivity contribution in [3.8, 4) is 11.5 Å². The van der Waals surface area contributed by atoms with Crippen molar-refractivity contribution < 1.29 is 22.7 Å². The predicted molar refractivity (Wildman–Crippen MR) is 113 cm³/mol. The van der Waals surface area contributed by atoms with E-state index in [1.54, 1.807) is 18.2 Å². The summed E-state index contributed by atoms with van der Waals surface area (Å²) in [6, 6.07) is 12.3. The van der Waals surface area contributed by atoms with Gasteiger partial charge in [0.25, 0.3) is 0 Å². The Kier molecular flexibility index (Phi) is 5.78. The van der Waals surface area contributed by atoms with E-state index in [2.05, 4.69) is 4.72 Å². The summed E-state index contributed by atoms with van der Waals surface area (Å²) < 4.78 is 37.2. The van der Waals surface area contributed by atoms with Gasteiger partial charge in [-0.05, 0) is 61.4 Å². The number of carbonyl (C=O) groups excluding carboxylic acids is 1. The van der Waals surface area contributed by atoms with Crippen LogP contribution in [0.5, 0.6) is 11.5 Å². The largest absolute Gasteiger partial charge is 0.486 e. The van der Waals surface area contributed by atoms with Gasteiger partial charge in [0.2, 0.25) is 15.9 Å². The number of rotatable bonds is 5. The van der Waals surface area contributed by atoms with Gasteiger partial charge in [-0.1, -0.05) is 18.2 Å². The Bertz CT molecular complexity index is 1060. The first-order valence-corrected chi connectivity index (χ1v) is 11.4. The first kappa shape index (κ1) is 20.4. The van der Waals surface area contributed by atoms with E-state index in [0.717, 1.165) is 35.5 Å². The number of hydrogen-bond donors (Lipinski definition) is 1. The summed E-state index contributed by atoms with van der Waals surface area (Å²) >= 11 is 0. The fraction of sp³-hybridized carbons (Fsp3) is 0.318. The summed E-state index contributed by atoms with van der Waals surface area (Å²) in [6.07, 6.45) is 5.08. The molecule has 0 bridgehead atoms. The number of carbonyl (C=O) groups is 1. The Morgan fingerprint density at radius 1 is 1.10 bits per heavy atom. The molecule has 4 rings (SSSR count). The van der Waals surface area contributed by atoms with Crippen LogP contribution in [0, 0.1) is 0 Å². The van der Waals surface area contributed by atoms with Gasteiger partial charge in [0, 0.05) is 12.6 Å². The highest BCUT2D eigenvalue weighted by molar-refractivity contribution is 7.89. The summed E-state index contributed by atoms with van der Waals surface area (Å²) in [7, 11) is -2.10. The Morgan fingerprint density at radius 2 is 1.83 bits per heavy atom. The molecule has 2 aromatic carbocycles. The number of ether oxygens (including phenoxy) is 2. The summed E-state index contributed by atoms with van der Waals surface area (Å²) in [4.78, 5) is 14.9. The van der Waals surface area contributed by atoms with Crippen LogP contribution in [0.3, 0.4) is 0 Å². The Hall–Kier alpha value is -2.84. The molecule has 0 aliphatic carbocycles. The number of hydrogen-bond acceptors (Lipinski definition) is 5. The summed E-state index contributed by atoms with van der Waals surface area (Å²) in [5.41, 5.74) is 1.80. The molecule has 0 aromatic heterocycles. The molecule has 0 radical (unpaired) electrons. The molecule has 158 valence electrons. The number of sulfonamides is 1. The van der Waals surface area contributed by atoms with Gasteiger partial charge < -0.3 is 14.4 Å². The zero-order valence-electron chi connectivity index (χ0n) is 16.7. The monoisotopic (exact) mass is 428 g/mol. The Morgan fingerprint density at radius 3 is 2.57 bits per heavy atom. The molecule has 1 N–H and O–H groups in total. The number of fused-ring (bicyclic) bond motifs is 1. The maximum Gasteiger partial charge on any atom is 0.247 e. The zero-order valence-corrected chi connectivity index (χ0v) is 17.5. The van der Waals surface area contributed by atoms with Crippen LogP contribution >= 0.6 is 0 Å². The van der Waals surface area contributed by atoms with Crippen molar-refractivity contribution in [2.45, 2.75) is 23.8 Å². The van der Waals surface area contributed by atoms with Crippen molar-refractivity contribution in [3.05, 3.63) is 59.7 Å². The van der Waals surface area contributed by atoms with E-state index < -0.39 is 10.0 Å². The first-order chi connectivity index (χ1) is 14.5. The van der Waals surface area contributed by atoms with Gasteiger partial charge in [-0.25, -0.2) is 13.1 Å². The van der Waals surface area contributed by atoms with E-state index in [4.69, 9.17) is 9.47 Å². The van der Waals surface area contributed by atoms with Crippen LogP contribution in [-0.2, 0) is 14.8 Å². The lowest BCUT2D eigenvalue weighted by atomic mass is 10.0. The third-order valence-corrected chi connectivity index (χ3v) is 6.79. The summed E-state index contributed by atoms with van der Waals surface area (Å²) in [5, 5.41) is 0. The van der Waals surface area contributed by atoms with Gasteiger partial charge in [-0.3, -0.25) is 4.79 Å². The first-order valence-electron chi connectivity index (χ1n) is 9.90. The molecule has 30 heavy (non-hydrogen) atoms. The van der Waals surface area contributed by atoms with E-state index in [9.17, 15) is 13.2 Å². The van der Waals surface area contributed by atoms with Crippen LogP contribution in [0.15, 0.2) is 53.4 Å². The van der Waals surface area contributed by atoms with Crippen molar-refractivity contribution in [2.24, 2.45) is 0 Å². The molecule has 1 amide bonds. The lowest BCUT2D eigenvalue weighted by Crippen LogP contribution is -2.29. The molecule has 1 unspecified atom stereocenters. The molecular weight excluding hydrogens is 404 g/mol. The SMILES string of the molecule is CNS(=O)(=O)c1ccc(/C=C/C(=O)N2CCCC2c2ccc3c(c2)OCCO3)cc1. The van der Waals surface area contributed by atoms with Crippen molar-refractivity contribution >= 4 is 22.0 Å². The number of likely N-dealkylation sites (tertiary alicyclic amines) is 1. The minimum atomic E-state index is -3.47. The van der Waals surface area contributed by atoms with Gasteiger partial charge in [0.1, 0.15) is 13.2 Å². The van der Waals surface area contributed by atoms with Crippen LogP contribution in [0.4, 0.5) is 0 Å². The maximum absolute atomic E-state index is 12.8. The minimum absolute atomic E-state index is 0.00104. The molecule has 7 nitrogen and oxygen atoms in total. The number of nitrogens with one attached hydrogen (secondary N) is 1. The second-order valence-corrected chi connectivity index (χ2v) is 9.09. The second-order valence-electron chi connectivity index (χ2n) is 7.20. The van der Waals surface area contributed by atoms with Crippen LogP contribution in [-0.4, -0.2) is 46.0 Å². The highest BCUT2D eigenvalue weighted by Gasteiger charge is 2.29.